The second-order valence-corrected chi connectivity index (χ2v) is 3.67. The van der Waals surface area contributed by atoms with Gasteiger partial charge in [0.05, 0.1) is 0 Å². The molecule has 2 heteroatoms. The normalized spacial score (nSPS) is 21.5. The van der Waals surface area contributed by atoms with E-state index in [2.05, 4.69) is 37.4 Å². The van der Waals surface area contributed by atoms with E-state index < -0.39 is 0 Å². The van der Waals surface area contributed by atoms with Gasteiger partial charge in [-0.05, 0) is 19.9 Å². The minimum absolute atomic E-state index is 0.268. The smallest absolute Gasteiger partial charge is 0.124 e. The van der Waals surface area contributed by atoms with Gasteiger partial charge in [-0.15, -0.1) is 0 Å². The molecule has 2 nitrogen and oxygen atoms in total. The van der Waals surface area contributed by atoms with Crippen LogP contribution in [0, 0.1) is 6.92 Å². The molecule has 0 radical (unpaired) electrons. The van der Waals surface area contributed by atoms with Crippen LogP contribution in [-0.4, -0.2) is 12.6 Å². The van der Waals surface area contributed by atoms with Crippen LogP contribution in [0.15, 0.2) is 18.2 Å². The highest BCUT2D eigenvalue weighted by Gasteiger charge is 2.12. The summed E-state index contributed by atoms with van der Waals surface area (Å²) in [6, 6.07) is 6.34. The Balaban J connectivity index is 2.34. The molecule has 0 saturated carbocycles. The van der Waals surface area contributed by atoms with Crippen molar-refractivity contribution in [2.75, 3.05) is 6.54 Å². The second-order valence-electron chi connectivity index (χ2n) is 3.67. The first-order valence-corrected chi connectivity index (χ1v) is 4.72. The monoisotopic (exact) mass is 177 g/mol. The number of hydrogen-bond donors (Lipinski definition) is 1. The molecule has 2 rings (SSSR count). The molecule has 1 N–H and O–H groups in total. The Labute approximate surface area is 78.9 Å². The molecular formula is C11H15NO. The largest absolute Gasteiger partial charge is 0.489 e. The summed E-state index contributed by atoms with van der Waals surface area (Å²) in [7, 11) is 0. The average Bonchev–Trinajstić information content (AvgIpc) is 2.25. The van der Waals surface area contributed by atoms with Crippen LogP contribution in [0.5, 0.6) is 5.75 Å². The molecule has 13 heavy (non-hydrogen) atoms. The molecule has 0 unspecified atom stereocenters. The molecule has 1 aliphatic rings. The van der Waals surface area contributed by atoms with Gasteiger partial charge in [-0.25, -0.2) is 0 Å². The Bertz CT molecular complexity index is 309. The highest BCUT2D eigenvalue weighted by molar-refractivity contribution is 5.37. The van der Waals surface area contributed by atoms with Crippen LogP contribution >= 0.6 is 0 Å². The standard InChI is InChI=1S/C11H15NO/c1-8-3-4-11-10(5-8)7-12-6-9(2)13-11/h3-5,9,12H,6-7H2,1-2H3/t9-/m0/s1. The van der Waals surface area contributed by atoms with E-state index in [-0.39, 0.29) is 6.10 Å². The van der Waals surface area contributed by atoms with Crippen molar-refractivity contribution in [3.63, 3.8) is 0 Å². The lowest BCUT2D eigenvalue weighted by Gasteiger charge is -2.11. The zero-order chi connectivity index (χ0) is 9.26. The fourth-order valence-electron chi connectivity index (χ4n) is 1.63. The molecule has 0 fully saturated rings. The summed E-state index contributed by atoms with van der Waals surface area (Å²) in [6.45, 7) is 6.03. The second kappa shape index (κ2) is 3.38. The first kappa shape index (κ1) is 8.57. The van der Waals surface area contributed by atoms with Crippen LogP contribution in [0.2, 0.25) is 0 Å². The lowest BCUT2D eigenvalue weighted by Crippen LogP contribution is -2.24. The molecule has 1 aromatic rings. The van der Waals surface area contributed by atoms with Crippen molar-refractivity contribution >= 4 is 0 Å². The minimum Gasteiger partial charge on any atom is -0.489 e. The van der Waals surface area contributed by atoms with Crippen molar-refractivity contribution < 1.29 is 4.74 Å². The van der Waals surface area contributed by atoms with E-state index in [1.165, 1.54) is 11.1 Å². The van der Waals surface area contributed by atoms with Crippen LogP contribution in [0.3, 0.4) is 0 Å². The van der Waals surface area contributed by atoms with Gasteiger partial charge in [-0.2, -0.15) is 0 Å². The van der Waals surface area contributed by atoms with Crippen molar-refractivity contribution in [2.24, 2.45) is 0 Å². The molecule has 70 valence electrons. The number of ether oxygens (including phenoxy) is 1. The predicted octanol–water partition coefficient (Wildman–Crippen LogP) is 1.87. The van der Waals surface area contributed by atoms with Crippen LogP contribution in [0.25, 0.3) is 0 Å². The van der Waals surface area contributed by atoms with E-state index in [1.54, 1.807) is 0 Å². The van der Waals surface area contributed by atoms with E-state index in [0.29, 0.717) is 0 Å². The first-order chi connectivity index (χ1) is 6.25. The Hall–Kier alpha value is -1.02. The van der Waals surface area contributed by atoms with Gasteiger partial charge in [0, 0.05) is 18.7 Å². The van der Waals surface area contributed by atoms with Gasteiger partial charge >= 0.3 is 0 Å². The lowest BCUT2D eigenvalue weighted by molar-refractivity contribution is 0.226. The molecule has 0 aliphatic carbocycles. The highest BCUT2D eigenvalue weighted by atomic mass is 16.5. The number of aryl methyl sites for hydroxylation is 1. The molecule has 1 heterocycles. The Morgan fingerprint density at radius 2 is 2.31 bits per heavy atom. The fourth-order valence-corrected chi connectivity index (χ4v) is 1.63. The van der Waals surface area contributed by atoms with Gasteiger partial charge < -0.3 is 10.1 Å². The summed E-state index contributed by atoms with van der Waals surface area (Å²) in [4.78, 5) is 0. The van der Waals surface area contributed by atoms with Crippen LogP contribution < -0.4 is 10.1 Å². The molecular weight excluding hydrogens is 162 g/mol. The summed E-state index contributed by atoms with van der Waals surface area (Å²) in [6.07, 6.45) is 0.268. The van der Waals surface area contributed by atoms with Crippen molar-refractivity contribution in [1.82, 2.24) is 5.32 Å². The maximum Gasteiger partial charge on any atom is 0.124 e. The third-order valence-electron chi connectivity index (χ3n) is 2.29. The Kier molecular flexibility index (Phi) is 2.23. The SMILES string of the molecule is Cc1ccc2c(c1)CNC[C@H](C)O2. The van der Waals surface area contributed by atoms with Gasteiger partial charge in [0.25, 0.3) is 0 Å². The lowest BCUT2D eigenvalue weighted by atomic mass is 10.1. The third kappa shape index (κ3) is 1.83. The van der Waals surface area contributed by atoms with Crippen LogP contribution in [0.1, 0.15) is 18.1 Å². The van der Waals surface area contributed by atoms with Gasteiger partial charge in [0.15, 0.2) is 0 Å². The van der Waals surface area contributed by atoms with Crippen LogP contribution in [0.4, 0.5) is 0 Å². The van der Waals surface area contributed by atoms with Gasteiger partial charge in [0.1, 0.15) is 11.9 Å². The number of nitrogens with one attached hydrogen (secondary N) is 1. The van der Waals surface area contributed by atoms with Gasteiger partial charge in [-0.3, -0.25) is 0 Å². The summed E-state index contributed by atoms with van der Waals surface area (Å²) in [5.41, 5.74) is 2.56. The van der Waals surface area contributed by atoms with E-state index in [4.69, 9.17) is 4.74 Å². The molecule has 1 aromatic carbocycles. The van der Waals surface area contributed by atoms with Crippen molar-refractivity contribution in [1.29, 1.82) is 0 Å². The Morgan fingerprint density at radius 3 is 3.15 bits per heavy atom. The van der Waals surface area contributed by atoms with Crippen LogP contribution in [-0.2, 0) is 6.54 Å². The van der Waals surface area contributed by atoms with Gasteiger partial charge in [-0.1, -0.05) is 17.7 Å². The van der Waals surface area contributed by atoms with Crippen molar-refractivity contribution in [3.05, 3.63) is 29.3 Å². The quantitative estimate of drug-likeness (QED) is 0.653. The molecule has 0 saturated heterocycles. The number of hydrogen-bond acceptors (Lipinski definition) is 2. The molecule has 0 bridgehead atoms. The van der Waals surface area contributed by atoms with Gasteiger partial charge in [0.2, 0.25) is 0 Å². The number of benzene rings is 1. The molecule has 1 aliphatic heterocycles. The van der Waals surface area contributed by atoms with E-state index in [1.807, 2.05) is 0 Å². The minimum atomic E-state index is 0.268. The first-order valence-electron chi connectivity index (χ1n) is 4.72. The van der Waals surface area contributed by atoms with Crippen molar-refractivity contribution in [2.45, 2.75) is 26.5 Å². The topological polar surface area (TPSA) is 21.3 Å². The zero-order valence-corrected chi connectivity index (χ0v) is 8.13. The maximum atomic E-state index is 5.75. The Morgan fingerprint density at radius 1 is 1.46 bits per heavy atom. The average molecular weight is 177 g/mol. The van der Waals surface area contributed by atoms with E-state index >= 15 is 0 Å². The number of fused-ring (bicyclic) bond motifs is 1. The molecule has 0 amide bonds. The molecule has 1 atom stereocenters. The molecule has 0 aromatic heterocycles. The summed E-state index contributed by atoms with van der Waals surface area (Å²) in [5, 5.41) is 3.36. The van der Waals surface area contributed by atoms with E-state index in [0.717, 1.165) is 18.8 Å². The highest BCUT2D eigenvalue weighted by Crippen LogP contribution is 2.22. The summed E-state index contributed by atoms with van der Waals surface area (Å²) >= 11 is 0. The fraction of sp³-hybridized carbons (Fsp3) is 0.455. The predicted molar refractivity (Wildman–Crippen MR) is 53.0 cm³/mol. The zero-order valence-electron chi connectivity index (χ0n) is 8.13. The summed E-state index contributed by atoms with van der Waals surface area (Å²) < 4.78 is 5.75. The number of rotatable bonds is 0. The maximum absolute atomic E-state index is 5.75. The van der Waals surface area contributed by atoms with Crippen molar-refractivity contribution in [3.8, 4) is 5.75 Å². The third-order valence-corrected chi connectivity index (χ3v) is 2.29. The molecule has 0 spiro atoms. The van der Waals surface area contributed by atoms with E-state index in [9.17, 15) is 0 Å². The summed E-state index contributed by atoms with van der Waals surface area (Å²) in [5.74, 6) is 1.03.